The van der Waals surface area contributed by atoms with E-state index in [0.29, 0.717) is 24.4 Å². The van der Waals surface area contributed by atoms with Crippen LogP contribution in [0.5, 0.6) is 0 Å². The molecule has 0 saturated carbocycles. The number of rotatable bonds is 5. The molecule has 0 radical (unpaired) electrons. The monoisotopic (exact) mass is 466 g/mol. The van der Waals surface area contributed by atoms with E-state index in [1.54, 1.807) is 4.90 Å². The molecule has 2 amide bonds. The van der Waals surface area contributed by atoms with E-state index in [9.17, 15) is 9.59 Å². The van der Waals surface area contributed by atoms with Crippen LogP contribution in [0.4, 0.5) is 5.69 Å². The van der Waals surface area contributed by atoms with Gasteiger partial charge in [-0.05, 0) is 55.2 Å². The maximum Gasteiger partial charge on any atom is 0.232 e. The van der Waals surface area contributed by atoms with E-state index < -0.39 is 5.54 Å². The Morgan fingerprint density at radius 1 is 1.09 bits per heavy atom. The number of amides is 2. The molecule has 2 aromatic carbocycles. The third-order valence-corrected chi connectivity index (χ3v) is 7.37. The van der Waals surface area contributed by atoms with Gasteiger partial charge in [0, 0.05) is 29.6 Å². The molecule has 2 aliphatic rings. The van der Waals surface area contributed by atoms with Crippen molar-refractivity contribution in [2.24, 2.45) is 16.6 Å². The summed E-state index contributed by atoms with van der Waals surface area (Å²) < 4.78 is 0. The zero-order valence-electron chi connectivity index (χ0n) is 19.6. The van der Waals surface area contributed by atoms with E-state index in [-0.39, 0.29) is 35.7 Å². The van der Waals surface area contributed by atoms with Gasteiger partial charge in [-0.25, -0.2) is 4.99 Å². The first-order chi connectivity index (χ1) is 15.6. The van der Waals surface area contributed by atoms with Gasteiger partial charge in [0.1, 0.15) is 0 Å². The van der Waals surface area contributed by atoms with Crippen molar-refractivity contribution in [3.63, 3.8) is 0 Å². The number of benzene rings is 2. The van der Waals surface area contributed by atoms with E-state index in [1.807, 2.05) is 67.3 Å². The quantitative estimate of drug-likeness (QED) is 0.681. The SMILES string of the molecule is CC(C)[C@]1(C)CC(=O)N([C@H](C)c2cccc(N3CC(c4cccc(Cl)c4)CC3=O)c2)C(N)=N1. The van der Waals surface area contributed by atoms with Gasteiger partial charge >= 0.3 is 0 Å². The largest absolute Gasteiger partial charge is 0.369 e. The molecule has 174 valence electrons. The summed E-state index contributed by atoms with van der Waals surface area (Å²) in [5, 5.41) is 0.674. The number of nitrogens with zero attached hydrogens (tertiary/aromatic N) is 3. The molecule has 2 aliphatic heterocycles. The van der Waals surface area contributed by atoms with Gasteiger partial charge in [-0.2, -0.15) is 0 Å². The predicted octanol–water partition coefficient (Wildman–Crippen LogP) is 4.88. The Morgan fingerprint density at radius 3 is 2.48 bits per heavy atom. The van der Waals surface area contributed by atoms with Crippen molar-refractivity contribution >= 4 is 35.1 Å². The molecule has 3 atom stereocenters. The third kappa shape index (κ3) is 4.49. The fourth-order valence-electron chi connectivity index (χ4n) is 4.66. The summed E-state index contributed by atoms with van der Waals surface area (Å²) in [6, 6.07) is 15.2. The zero-order valence-corrected chi connectivity index (χ0v) is 20.3. The molecule has 0 bridgehead atoms. The maximum absolute atomic E-state index is 13.0. The van der Waals surface area contributed by atoms with Crippen LogP contribution < -0.4 is 10.6 Å². The molecule has 0 aromatic heterocycles. The normalized spacial score (nSPS) is 24.4. The number of carbonyl (C=O) groups is 2. The number of hydrogen-bond acceptors (Lipinski definition) is 4. The summed E-state index contributed by atoms with van der Waals surface area (Å²) in [6.45, 7) is 8.61. The van der Waals surface area contributed by atoms with Crippen LogP contribution in [0.15, 0.2) is 53.5 Å². The van der Waals surface area contributed by atoms with Gasteiger partial charge in [-0.1, -0.05) is 49.7 Å². The van der Waals surface area contributed by atoms with E-state index in [1.165, 1.54) is 0 Å². The molecule has 2 aromatic rings. The average molecular weight is 467 g/mol. The van der Waals surface area contributed by atoms with Crippen molar-refractivity contribution in [1.82, 2.24) is 4.90 Å². The number of anilines is 1. The van der Waals surface area contributed by atoms with E-state index in [0.717, 1.165) is 16.8 Å². The van der Waals surface area contributed by atoms with Gasteiger partial charge in [0.15, 0.2) is 5.96 Å². The lowest BCUT2D eigenvalue weighted by molar-refractivity contribution is -0.131. The first kappa shape index (κ1) is 23.3. The Bertz CT molecular complexity index is 1110. The van der Waals surface area contributed by atoms with Gasteiger partial charge in [0.05, 0.1) is 18.0 Å². The predicted molar refractivity (Wildman–Crippen MR) is 132 cm³/mol. The zero-order chi connectivity index (χ0) is 23.9. The molecular weight excluding hydrogens is 436 g/mol. The van der Waals surface area contributed by atoms with Gasteiger partial charge < -0.3 is 10.6 Å². The smallest absolute Gasteiger partial charge is 0.232 e. The molecule has 6 nitrogen and oxygen atoms in total. The highest BCUT2D eigenvalue weighted by molar-refractivity contribution is 6.30. The summed E-state index contributed by atoms with van der Waals surface area (Å²) in [5.41, 5.74) is 8.59. The summed E-state index contributed by atoms with van der Waals surface area (Å²) >= 11 is 6.15. The molecule has 0 aliphatic carbocycles. The lowest BCUT2D eigenvalue weighted by Gasteiger charge is -2.40. The average Bonchev–Trinajstić information content (AvgIpc) is 3.15. The van der Waals surface area contributed by atoms with Gasteiger partial charge in [-0.15, -0.1) is 0 Å². The minimum atomic E-state index is -0.490. The van der Waals surface area contributed by atoms with Crippen LogP contribution in [0.3, 0.4) is 0 Å². The number of halogens is 1. The van der Waals surface area contributed by atoms with Gasteiger partial charge in [-0.3, -0.25) is 14.5 Å². The summed E-state index contributed by atoms with van der Waals surface area (Å²) in [7, 11) is 0. The first-order valence-corrected chi connectivity index (χ1v) is 11.8. The molecule has 33 heavy (non-hydrogen) atoms. The number of nitrogens with two attached hydrogens (primary N) is 1. The van der Waals surface area contributed by atoms with E-state index >= 15 is 0 Å². The Morgan fingerprint density at radius 2 is 1.82 bits per heavy atom. The van der Waals surface area contributed by atoms with Crippen LogP contribution in [-0.4, -0.2) is 34.8 Å². The molecule has 2 heterocycles. The fraction of sp³-hybridized carbons (Fsp3) is 0.423. The topological polar surface area (TPSA) is 79.0 Å². The molecular formula is C26H31ClN4O2. The Hall–Kier alpha value is -2.86. The van der Waals surface area contributed by atoms with Crippen molar-refractivity contribution in [1.29, 1.82) is 0 Å². The second kappa shape index (κ2) is 8.82. The van der Waals surface area contributed by atoms with Crippen molar-refractivity contribution < 1.29 is 9.59 Å². The Labute approximate surface area is 200 Å². The standard InChI is InChI=1S/C26H31ClN4O2/c1-16(2)26(4)14-24(33)31(25(28)29-26)17(3)18-7-6-10-22(12-18)30-15-20(13-23(30)32)19-8-5-9-21(27)11-19/h5-12,16-17,20H,13-15H2,1-4H3,(H2,28,29)/t17-,20?,26+/m1/s1. The van der Waals surface area contributed by atoms with Crippen LogP contribution in [0, 0.1) is 5.92 Å². The maximum atomic E-state index is 13.0. The molecule has 7 heteroatoms. The first-order valence-electron chi connectivity index (χ1n) is 11.4. The number of guanidine groups is 1. The van der Waals surface area contributed by atoms with Gasteiger partial charge in [0.2, 0.25) is 11.8 Å². The Kier molecular flexibility index (Phi) is 6.23. The number of carbonyl (C=O) groups excluding carboxylic acids is 2. The molecule has 0 spiro atoms. The second-order valence-electron chi connectivity index (χ2n) is 9.65. The number of aliphatic imine (C=N–C) groups is 1. The molecule has 1 fully saturated rings. The minimum absolute atomic E-state index is 0.0325. The number of hydrogen-bond donors (Lipinski definition) is 1. The second-order valence-corrected chi connectivity index (χ2v) is 10.1. The molecule has 2 N–H and O–H groups in total. The fourth-order valence-corrected chi connectivity index (χ4v) is 4.86. The van der Waals surface area contributed by atoms with Crippen molar-refractivity contribution in [3.8, 4) is 0 Å². The molecule has 1 saturated heterocycles. The van der Waals surface area contributed by atoms with E-state index in [2.05, 4.69) is 18.8 Å². The minimum Gasteiger partial charge on any atom is -0.369 e. The summed E-state index contributed by atoms with van der Waals surface area (Å²) in [6.07, 6.45) is 0.763. The summed E-state index contributed by atoms with van der Waals surface area (Å²) in [4.78, 5) is 34.0. The van der Waals surface area contributed by atoms with E-state index in [4.69, 9.17) is 17.3 Å². The highest BCUT2D eigenvalue weighted by Crippen LogP contribution is 2.36. The third-order valence-electron chi connectivity index (χ3n) is 7.14. The molecule has 4 rings (SSSR count). The Balaban J connectivity index is 1.57. The highest BCUT2D eigenvalue weighted by Gasteiger charge is 2.40. The highest BCUT2D eigenvalue weighted by atomic mass is 35.5. The van der Waals surface area contributed by atoms with Crippen LogP contribution in [0.25, 0.3) is 0 Å². The van der Waals surface area contributed by atoms with Crippen molar-refractivity contribution in [2.45, 2.75) is 58.0 Å². The van der Waals surface area contributed by atoms with Crippen LogP contribution in [-0.2, 0) is 9.59 Å². The van der Waals surface area contributed by atoms with Crippen LogP contribution >= 0.6 is 11.6 Å². The van der Waals surface area contributed by atoms with Crippen LogP contribution in [0.2, 0.25) is 5.02 Å². The van der Waals surface area contributed by atoms with Crippen LogP contribution in [0.1, 0.15) is 63.6 Å². The lowest BCUT2D eigenvalue weighted by Crippen LogP contribution is -2.52. The van der Waals surface area contributed by atoms with Crippen molar-refractivity contribution in [3.05, 3.63) is 64.7 Å². The van der Waals surface area contributed by atoms with Gasteiger partial charge in [0.25, 0.3) is 0 Å². The summed E-state index contributed by atoms with van der Waals surface area (Å²) in [5.74, 6) is 0.591. The van der Waals surface area contributed by atoms with Crippen molar-refractivity contribution in [2.75, 3.05) is 11.4 Å². The molecule has 1 unspecified atom stereocenters. The lowest BCUT2D eigenvalue weighted by atomic mass is 9.84.